The van der Waals surface area contributed by atoms with E-state index in [0.29, 0.717) is 18.3 Å². The standard InChI is InChI=1S/C13H21N5O2S.HI/c1-21(19,20)18-11-6-4-5-10(11)9-16-13(14)17-12-7-2-3-8-15-12;/h2-3,7-8,10-11,18H,4-6,9H2,1H3,(H3,14,15,16,17);1H. The van der Waals surface area contributed by atoms with E-state index < -0.39 is 10.0 Å². The summed E-state index contributed by atoms with van der Waals surface area (Å²) in [6, 6.07) is 5.42. The fourth-order valence-corrected chi connectivity index (χ4v) is 3.37. The fourth-order valence-electron chi connectivity index (χ4n) is 2.51. The third-order valence-corrected chi connectivity index (χ3v) is 4.17. The predicted octanol–water partition coefficient (Wildman–Crippen LogP) is 1.14. The number of guanidine groups is 1. The van der Waals surface area contributed by atoms with Crippen LogP contribution in [0, 0.1) is 5.92 Å². The van der Waals surface area contributed by atoms with Crippen molar-refractivity contribution in [3.05, 3.63) is 24.4 Å². The number of hydrogen-bond acceptors (Lipinski definition) is 4. The van der Waals surface area contributed by atoms with Gasteiger partial charge in [0.1, 0.15) is 5.82 Å². The van der Waals surface area contributed by atoms with E-state index in [9.17, 15) is 8.42 Å². The number of hydrogen-bond donors (Lipinski definition) is 3. The van der Waals surface area contributed by atoms with Crippen LogP contribution in [0.4, 0.5) is 5.82 Å². The molecule has 2 unspecified atom stereocenters. The molecule has 0 bridgehead atoms. The molecular formula is C13H22IN5O2S. The van der Waals surface area contributed by atoms with Gasteiger partial charge in [0.15, 0.2) is 5.96 Å². The van der Waals surface area contributed by atoms with Crippen molar-refractivity contribution >= 4 is 45.8 Å². The zero-order valence-electron chi connectivity index (χ0n) is 12.4. The molecule has 1 aromatic rings. The molecule has 0 aromatic carbocycles. The smallest absolute Gasteiger partial charge is 0.208 e. The van der Waals surface area contributed by atoms with Crippen LogP contribution >= 0.6 is 24.0 Å². The van der Waals surface area contributed by atoms with Crippen LogP contribution in [0.3, 0.4) is 0 Å². The summed E-state index contributed by atoms with van der Waals surface area (Å²) in [5.41, 5.74) is 5.82. The molecule has 2 rings (SSSR count). The van der Waals surface area contributed by atoms with Crippen LogP contribution in [0.1, 0.15) is 19.3 Å². The first-order chi connectivity index (χ1) is 9.94. The van der Waals surface area contributed by atoms with Gasteiger partial charge in [0.2, 0.25) is 10.0 Å². The number of anilines is 1. The molecule has 1 fully saturated rings. The largest absolute Gasteiger partial charge is 0.370 e. The quantitative estimate of drug-likeness (QED) is 0.362. The van der Waals surface area contributed by atoms with Gasteiger partial charge in [-0.2, -0.15) is 0 Å². The maximum absolute atomic E-state index is 11.3. The minimum absolute atomic E-state index is 0. The summed E-state index contributed by atoms with van der Waals surface area (Å²) < 4.78 is 25.3. The molecule has 22 heavy (non-hydrogen) atoms. The highest BCUT2D eigenvalue weighted by Crippen LogP contribution is 2.26. The minimum atomic E-state index is -3.18. The molecule has 0 spiro atoms. The SMILES string of the molecule is CS(=O)(=O)NC1CCCC1CN=C(N)Nc1ccccn1.I. The minimum Gasteiger partial charge on any atom is -0.370 e. The summed E-state index contributed by atoms with van der Waals surface area (Å²) in [6.45, 7) is 0.499. The molecule has 0 radical (unpaired) electrons. The lowest BCUT2D eigenvalue weighted by Crippen LogP contribution is -2.38. The van der Waals surface area contributed by atoms with Crippen LogP contribution in [-0.2, 0) is 10.0 Å². The van der Waals surface area contributed by atoms with Crippen molar-refractivity contribution in [1.29, 1.82) is 0 Å². The van der Waals surface area contributed by atoms with E-state index in [1.807, 2.05) is 12.1 Å². The van der Waals surface area contributed by atoms with Gasteiger partial charge in [0.25, 0.3) is 0 Å². The molecule has 4 N–H and O–H groups in total. The number of aliphatic imine (C=N–C) groups is 1. The lowest BCUT2D eigenvalue weighted by molar-refractivity contribution is 0.455. The summed E-state index contributed by atoms with van der Waals surface area (Å²) in [5.74, 6) is 1.11. The summed E-state index contributed by atoms with van der Waals surface area (Å²) in [4.78, 5) is 8.39. The van der Waals surface area contributed by atoms with Crippen LogP contribution in [-0.4, -0.2) is 38.2 Å². The molecule has 0 aliphatic heterocycles. The Kier molecular flexibility index (Phi) is 7.49. The van der Waals surface area contributed by atoms with Crippen LogP contribution in [0.5, 0.6) is 0 Å². The average Bonchev–Trinajstić information content (AvgIpc) is 2.82. The number of nitrogens with zero attached hydrogens (tertiary/aromatic N) is 2. The van der Waals surface area contributed by atoms with Gasteiger partial charge in [0, 0.05) is 18.8 Å². The highest BCUT2D eigenvalue weighted by molar-refractivity contribution is 14.0. The van der Waals surface area contributed by atoms with E-state index in [1.54, 1.807) is 12.3 Å². The first kappa shape index (κ1) is 19.1. The Labute approximate surface area is 148 Å². The Morgan fingerprint density at radius 2 is 2.23 bits per heavy atom. The van der Waals surface area contributed by atoms with Crippen LogP contribution in [0.15, 0.2) is 29.4 Å². The van der Waals surface area contributed by atoms with E-state index in [-0.39, 0.29) is 35.9 Å². The van der Waals surface area contributed by atoms with Gasteiger partial charge in [-0.3, -0.25) is 4.99 Å². The maximum Gasteiger partial charge on any atom is 0.208 e. The number of nitrogens with two attached hydrogens (primary N) is 1. The second kappa shape index (κ2) is 8.63. The molecule has 9 heteroatoms. The second-order valence-electron chi connectivity index (χ2n) is 5.25. The van der Waals surface area contributed by atoms with E-state index in [4.69, 9.17) is 5.73 Å². The summed E-state index contributed by atoms with van der Waals surface area (Å²) >= 11 is 0. The summed E-state index contributed by atoms with van der Waals surface area (Å²) in [5, 5.41) is 2.91. The second-order valence-corrected chi connectivity index (χ2v) is 7.03. The van der Waals surface area contributed by atoms with Gasteiger partial charge < -0.3 is 11.1 Å². The lowest BCUT2D eigenvalue weighted by Gasteiger charge is -2.18. The first-order valence-electron chi connectivity index (χ1n) is 6.89. The predicted molar refractivity (Wildman–Crippen MR) is 98.9 cm³/mol. The zero-order valence-corrected chi connectivity index (χ0v) is 15.5. The van der Waals surface area contributed by atoms with Gasteiger partial charge in [-0.15, -0.1) is 24.0 Å². The Morgan fingerprint density at radius 3 is 2.86 bits per heavy atom. The Hall–Kier alpha value is -0.940. The molecule has 124 valence electrons. The number of nitrogens with one attached hydrogen (secondary N) is 2. The molecule has 2 atom stereocenters. The molecular weight excluding hydrogens is 417 g/mol. The van der Waals surface area contributed by atoms with Crippen molar-refractivity contribution in [2.45, 2.75) is 25.3 Å². The van der Waals surface area contributed by atoms with E-state index in [2.05, 4.69) is 20.0 Å². The van der Waals surface area contributed by atoms with Crippen molar-refractivity contribution in [3.8, 4) is 0 Å². The highest BCUT2D eigenvalue weighted by atomic mass is 127. The van der Waals surface area contributed by atoms with E-state index in [0.717, 1.165) is 19.3 Å². The third kappa shape index (κ3) is 6.44. The molecule has 1 aliphatic rings. The molecule has 1 aromatic heterocycles. The fraction of sp³-hybridized carbons (Fsp3) is 0.538. The Balaban J connectivity index is 0.00000242. The van der Waals surface area contributed by atoms with Gasteiger partial charge in [0.05, 0.1) is 6.26 Å². The number of rotatable bonds is 5. The summed E-state index contributed by atoms with van der Waals surface area (Å²) in [7, 11) is -3.18. The maximum atomic E-state index is 11.3. The molecule has 0 amide bonds. The van der Waals surface area contributed by atoms with Gasteiger partial charge >= 0.3 is 0 Å². The van der Waals surface area contributed by atoms with Crippen molar-refractivity contribution in [2.75, 3.05) is 18.1 Å². The topological polar surface area (TPSA) is 109 Å². The molecule has 7 nitrogen and oxygen atoms in total. The van der Waals surface area contributed by atoms with Crippen LogP contribution in [0.2, 0.25) is 0 Å². The van der Waals surface area contributed by atoms with Gasteiger partial charge in [-0.05, 0) is 30.9 Å². The molecule has 1 heterocycles. The third-order valence-electron chi connectivity index (χ3n) is 3.44. The van der Waals surface area contributed by atoms with E-state index >= 15 is 0 Å². The molecule has 0 saturated heterocycles. The first-order valence-corrected chi connectivity index (χ1v) is 8.78. The number of pyridine rings is 1. The zero-order chi connectivity index (χ0) is 15.3. The van der Waals surface area contributed by atoms with Crippen molar-refractivity contribution in [1.82, 2.24) is 9.71 Å². The number of aromatic nitrogens is 1. The lowest BCUT2D eigenvalue weighted by atomic mass is 10.1. The molecule has 1 aliphatic carbocycles. The number of halogens is 1. The number of sulfonamides is 1. The van der Waals surface area contributed by atoms with Crippen molar-refractivity contribution in [3.63, 3.8) is 0 Å². The van der Waals surface area contributed by atoms with Crippen molar-refractivity contribution in [2.24, 2.45) is 16.6 Å². The average molecular weight is 439 g/mol. The van der Waals surface area contributed by atoms with Gasteiger partial charge in [-0.25, -0.2) is 18.1 Å². The van der Waals surface area contributed by atoms with Crippen LogP contribution in [0.25, 0.3) is 0 Å². The molecule has 1 saturated carbocycles. The summed E-state index contributed by atoms with van der Waals surface area (Å²) in [6.07, 6.45) is 5.65. The van der Waals surface area contributed by atoms with Gasteiger partial charge in [-0.1, -0.05) is 12.5 Å². The van der Waals surface area contributed by atoms with Crippen molar-refractivity contribution < 1.29 is 8.42 Å². The Bertz CT molecular complexity index is 594. The Morgan fingerprint density at radius 1 is 1.45 bits per heavy atom. The normalized spacial score (nSPS) is 22.1. The monoisotopic (exact) mass is 439 g/mol. The van der Waals surface area contributed by atoms with Crippen LogP contribution < -0.4 is 15.8 Å². The highest BCUT2D eigenvalue weighted by Gasteiger charge is 2.29. The van der Waals surface area contributed by atoms with E-state index in [1.165, 1.54) is 6.26 Å².